The van der Waals surface area contributed by atoms with Gasteiger partial charge in [-0.2, -0.15) is 0 Å². The Hall–Kier alpha value is -3.43. The number of thiazole rings is 1. The van der Waals surface area contributed by atoms with Crippen LogP contribution in [0.2, 0.25) is 0 Å². The minimum absolute atomic E-state index is 1.06. The lowest BCUT2D eigenvalue weighted by molar-refractivity contribution is 1.47. The summed E-state index contributed by atoms with van der Waals surface area (Å²) in [7, 11) is 0. The van der Waals surface area contributed by atoms with E-state index in [1.165, 1.54) is 37.6 Å². The van der Waals surface area contributed by atoms with Gasteiger partial charge in [0.05, 0.1) is 10.2 Å². The molecule has 2 nitrogen and oxygen atoms in total. The predicted molar refractivity (Wildman–Crippen MR) is 120 cm³/mol. The Morgan fingerprint density at radius 1 is 0.607 bits per heavy atom. The lowest BCUT2D eigenvalue weighted by atomic mass is 10.0. The lowest BCUT2D eigenvalue weighted by Gasteiger charge is -2.02. The minimum Gasteiger partial charge on any atom is -0.354 e. The number of nitrogens with zero attached hydrogens (tertiary/aromatic N) is 1. The Morgan fingerprint density at radius 2 is 1.32 bits per heavy atom. The molecule has 0 saturated heterocycles. The van der Waals surface area contributed by atoms with Gasteiger partial charge in [-0.3, -0.25) is 0 Å². The van der Waals surface area contributed by atoms with Crippen molar-refractivity contribution in [2.75, 3.05) is 0 Å². The Morgan fingerprint density at radius 3 is 2.18 bits per heavy atom. The van der Waals surface area contributed by atoms with Crippen LogP contribution in [0.5, 0.6) is 0 Å². The molecule has 0 fully saturated rings. The zero-order valence-corrected chi connectivity index (χ0v) is 15.8. The first-order chi connectivity index (χ1) is 13.9. The third-order valence-corrected chi connectivity index (χ3v) is 6.40. The maximum Gasteiger partial charge on any atom is 0.124 e. The molecule has 0 saturated carbocycles. The van der Waals surface area contributed by atoms with Gasteiger partial charge in [-0.05, 0) is 29.3 Å². The molecule has 0 aliphatic rings. The summed E-state index contributed by atoms with van der Waals surface area (Å²) in [5.41, 5.74) is 7.03. The molecule has 0 unspecified atom stereocenters. The highest BCUT2D eigenvalue weighted by Gasteiger charge is 2.13. The molecule has 1 N–H and O–H groups in total. The number of nitrogens with one attached hydrogen (secondary N) is 1. The number of aromatic amines is 1. The fourth-order valence-corrected chi connectivity index (χ4v) is 5.01. The Balaban J connectivity index is 1.50. The van der Waals surface area contributed by atoms with E-state index in [4.69, 9.17) is 4.98 Å². The number of para-hydroxylation sites is 1. The molecular formula is C25H16N2S. The second-order valence-corrected chi connectivity index (χ2v) is 7.97. The van der Waals surface area contributed by atoms with Gasteiger partial charge in [0, 0.05) is 27.4 Å². The van der Waals surface area contributed by atoms with Crippen LogP contribution in [0.15, 0.2) is 91.0 Å². The Kier molecular flexibility index (Phi) is 3.37. The van der Waals surface area contributed by atoms with Gasteiger partial charge < -0.3 is 4.98 Å². The number of hydrogen-bond acceptors (Lipinski definition) is 2. The van der Waals surface area contributed by atoms with Gasteiger partial charge in [0.15, 0.2) is 0 Å². The molecule has 0 amide bonds. The molecule has 28 heavy (non-hydrogen) atoms. The van der Waals surface area contributed by atoms with E-state index >= 15 is 0 Å². The summed E-state index contributed by atoms with van der Waals surface area (Å²) in [5, 5.41) is 3.60. The van der Waals surface area contributed by atoms with Gasteiger partial charge in [0.25, 0.3) is 0 Å². The third kappa shape index (κ3) is 2.37. The van der Waals surface area contributed by atoms with Crippen molar-refractivity contribution >= 4 is 43.4 Å². The van der Waals surface area contributed by atoms with Crippen molar-refractivity contribution in [3.8, 4) is 21.7 Å². The van der Waals surface area contributed by atoms with E-state index in [1.807, 2.05) is 6.07 Å². The maximum absolute atomic E-state index is 4.93. The van der Waals surface area contributed by atoms with E-state index < -0.39 is 0 Å². The molecule has 6 aromatic rings. The van der Waals surface area contributed by atoms with Crippen LogP contribution in [0.3, 0.4) is 0 Å². The molecule has 0 aliphatic heterocycles. The second-order valence-electron chi connectivity index (χ2n) is 6.97. The summed E-state index contributed by atoms with van der Waals surface area (Å²) in [6.07, 6.45) is 0. The summed E-state index contributed by atoms with van der Waals surface area (Å²) in [6.45, 7) is 0. The number of fused-ring (bicyclic) bond motifs is 5. The summed E-state index contributed by atoms with van der Waals surface area (Å²) >= 11 is 1.77. The number of hydrogen-bond donors (Lipinski definition) is 1. The third-order valence-electron chi connectivity index (χ3n) is 5.26. The van der Waals surface area contributed by atoms with Gasteiger partial charge in [-0.1, -0.05) is 72.8 Å². The van der Waals surface area contributed by atoms with E-state index in [2.05, 4.69) is 89.9 Å². The second kappa shape index (κ2) is 6.04. The Labute approximate surface area is 166 Å². The van der Waals surface area contributed by atoms with E-state index in [-0.39, 0.29) is 0 Å². The average molecular weight is 376 g/mol. The molecule has 4 aromatic carbocycles. The van der Waals surface area contributed by atoms with E-state index in [0.29, 0.717) is 0 Å². The van der Waals surface area contributed by atoms with Crippen LogP contribution < -0.4 is 0 Å². The van der Waals surface area contributed by atoms with Crippen molar-refractivity contribution in [1.82, 2.24) is 9.97 Å². The van der Waals surface area contributed by atoms with Crippen LogP contribution in [0.25, 0.3) is 53.7 Å². The fraction of sp³-hybridized carbons (Fsp3) is 0. The SMILES string of the molecule is c1ccc(-c2ccc(-c3nc4ccc5[nH]c6ccccc6c5c4s3)cc2)cc1. The molecule has 6 rings (SSSR count). The number of aromatic nitrogens is 2. The quantitative estimate of drug-likeness (QED) is 0.338. The van der Waals surface area contributed by atoms with Crippen LogP contribution in [-0.2, 0) is 0 Å². The first-order valence-corrected chi connectivity index (χ1v) is 10.1. The molecule has 132 valence electrons. The largest absolute Gasteiger partial charge is 0.354 e. The molecule has 0 atom stereocenters. The average Bonchev–Trinajstić information content (AvgIpc) is 3.35. The summed E-state index contributed by atoms with van der Waals surface area (Å²) < 4.78 is 1.25. The highest BCUT2D eigenvalue weighted by molar-refractivity contribution is 7.22. The summed E-state index contributed by atoms with van der Waals surface area (Å²) in [4.78, 5) is 8.45. The lowest BCUT2D eigenvalue weighted by Crippen LogP contribution is -1.79. The van der Waals surface area contributed by atoms with E-state index in [0.717, 1.165) is 16.1 Å². The summed E-state index contributed by atoms with van der Waals surface area (Å²) in [5.74, 6) is 0. The molecule has 0 spiro atoms. The van der Waals surface area contributed by atoms with Crippen LogP contribution >= 0.6 is 11.3 Å². The van der Waals surface area contributed by atoms with E-state index in [1.54, 1.807) is 11.3 Å². The van der Waals surface area contributed by atoms with E-state index in [9.17, 15) is 0 Å². The molecule has 0 aliphatic carbocycles. The first kappa shape index (κ1) is 15.6. The van der Waals surface area contributed by atoms with Gasteiger partial charge in [0.2, 0.25) is 0 Å². The zero-order chi connectivity index (χ0) is 18.5. The Bertz CT molecular complexity index is 1440. The molecular weight excluding hydrogens is 360 g/mol. The smallest absolute Gasteiger partial charge is 0.124 e. The highest BCUT2D eigenvalue weighted by atomic mass is 32.1. The first-order valence-electron chi connectivity index (χ1n) is 9.33. The molecule has 0 radical (unpaired) electrons. The monoisotopic (exact) mass is 376 g/mol. The topological polar surface area (TPSA) is 28.7 Å². The van der Waals surface area contributed by atoms with Crippen LogP contribution in [0.1, 0.15) is 0 Å². The maximum atomic E-state index is 4.93. The van der Waals surface area contributed by atoms with Gasteiger partial charge in [-0.15, -0.1) is 11.3 Å². The molecule has 2 aromatic heterocycles. The van der Waals surface area contributed by atoms with Crippen molar-refractivity contribution < 1.29 is 0 Å². The van der Waals surface area contributed by atoms with Crippen molar-refractivity contribution in [3.63, 3.8) is 0 Å². The number of rotatable bonds is 2. The van der Waals surface area contributed by atoms with Crippen LogP contribution in [0.4, 0.5) is 0 Å². The number of H-pyrrole nitrogens is 1. The van der Waals surface area contributed by atoms with Crippen LogP contribution in [-0.4, -0.2) is 9.97 Å². The van der Waals surface area contributed by atoms with Crippen LogP contribution in [0, 0.1) is 0 Å². The molecule has 3 heteroatoms. The summed E-state index contributed by atoms with van der Waals surface area (Å²) in [6, 6.07) is 31.9. The normalized spacial score (nSPS) is 11.6. The number of benzene rings is 4. The highest BCUT2D eigenvalue weighted by Crippen LogP contribution is 2.38. The standard InChI is InChI=1S/C25H16N2S/c1-2-6-16(7-3-1)17-10-12-18(13-11-17)25-27-22-15-14-21-23(24(22)28-25)19-8-4-5-9-20(19)26-21/h1-15,26H. The van der Waals surface area contributed by atoms with Crippen molar-refractivity contribution in [2.24, 2.45) is 0 Å². The molecule has 0 bridgehead atoms. The van der Waals surface area contributed by atoms with Crippen molar-refractivity contribution in [2.45, 2.75) is 0 Å². The minimum atomic E-state index is 1.06. The van der Waals surface area contributed by atoms with Crippen molar-refractivity contribution in [3.05, 3.63) is 91.0 Å². The van der Waals surface area contributed by atoms with Crippen molar-refractivity contribution in [1.29, 1.82) is 0 Å². The molecule has 2 heterocycles. The predicted octanol–water partition coefficient (Wildman–Crippen LogP) is 7.26. The fourth-order valence-electron chi connectivity index (χ4n) is 3.88. The van der Waals surface area contributed by atoms with Gasteiger partial charge in [0.1, 0.15) is 5.01 Å². The zero-order valence-electron chi connectivity index (χ0n) is 15.0. The van der Waals surface area contributed by atoms with Gasteiger partial charge >= 0.3 is 0 Å². The van der Waals surface area contributed by atoms with Gasteiger partial charge in [-0.25, -0.2) is 4.98 Å².